The minimum atomic E-state index is -0.371. The van der Waals surface area contributed by atoms with Crippen LogP contribution in [0.1, 0.15) is 32.0 Å². The molecule has 0 saturated heterocycles. The second-order valence-electron chi connectivity index (χ2n) is 6.28. The van der Waals surface area contributed by atoms with Crippen molar-refractivity contribution in [2.24, 2.45) is 0 Å². The van der Waals surface area contributed by atoms with Crippen molar-refractivity contribution in [3.8, 4) is 5.75 Å². The van der Waals surface area contributed by atoms with Gasteiger partial charge in [0.15, 0.2) is 0 Å². The Hall–Kier alpha value is -2.28. The zero-order valence-corrected chi connectivity index (χ0v) is 14.6. The lowest BCUT2D eigenvalue weighted by molar-refractivity contribution is 0.139. The highest BCUT2D eigenvalue weighted by atomic mass is 35.5. The molecule has 7 nitrogen and oxygen atoms in total. The van der Waals surface area contributed by atoms with Crippen LogP contribution in [0, 0.1) is 0 Å². The van der Waals surface area contributed by atoms with Gasteiger partial charge in [-0.25, -0.2) is 4.79 Å². The van der Waals surface area contributed by atoms with Gasteiger partial charge in [0.1, 0.15) is 22.7 Å². The summed E-state index contributed by atoms with van der Waals surface area (Å²) in [6, 6.07) is 3.33. The summed E-state index contributed by atoms with van der Waals surface area (Å²) in [5.74, 6) is 0.638. The van der Waals surface area contributed by atoms with Crippen LogP contribution in [0.2, 0.25) is 5.02 Å². The summed E-state index contributed by atoms with van der Waals surface area (Å²) < 4.78 is 5.94. The number of nitrogens with zero attached hydrogens (tertiary/aromatic N) is 3. The highest BCUT2D eigenvalue weighted by molar-refractivity contribution is 6.34. The summed E-state index contributed by atoms with van der Waals surface area (Å²) in [5, 5.41) is 14.2. The van der Waals surface area contributed by atoms with Crippen molar-refractivity contribution in [1.29, 1.82) is 0 Å². The Bertz CT molecular complexity index is 772. The quantitative estimate of drug-likeness (QED) is 0.889. The minimum absolute atomic E-state index is 0.283. The lowest BCUT2D eigenvalue weighted by Crippen LogP contribution is -2.29. The number of fused-ring (bicyclic) bond motifs is 1. The molecule has 1 aliphatic heterocycles. The maximum absolute atomic E-state index is 12.2. The molecule has 1 aliphatic rings. The molecule has 2 heterocycles. The van der Waals surface area contributed by atoms with Gasteiger partial charge >= 0.3 is 6.03 Å². The molecular formula is C16H20ClN5O2. The molecular weight excluding hydrogens is 330 g/mol. The first-order chi connectivity index (χ1) is 11.4. The van der Waals surface area contributed by atoms with Crippen LogP contribution < -0.4 is 15.4 Å². The van der Waals surface area contributed by atoms with Gasteiger partial charge in [-0.2, -0.15) is 15.0 Å². The Balaban J connectivity index is 1.68. The number of aromatic nitrogens is 3. The number of halogens is 1. The largest absolute Gasteiger partial charge is 0.485 e. The standard InChI is InChI=1S/C16H20ClN5O2/c1-4-22-19-9-11(21-22)8-18-15(23)20-13-12(17)6-5-10-7-16(2,3)24-14(10)13/h5-6,9H,4,7-8H2,1-3H3,(H2,18,20,23). The molecule has 1 aromatic carbocycles. The molecule has 0 aliphatic carbocycles. The number of amides is 2. The second kappa shape index (κ2) is 6.32. The first kappa shape index (κ1) is 16.6. The molecule has 8 heteroatoms. The summed E-state index contributed by atoms with van der Waals surface area (Å²) >= 11 is 6.24. The molecule has 2 aromatic rings. The molecule has 3 rings (SSSR count). The van der Waals surface area contributed by atoms with Gasteiger partial charge in [-0.05, 0) is 26.8 Å². The fourth-order valence-electron chi connectivity index (χ4n) is 2.64. The Morgan fingerprint density at radius 2 is 2.25 bits per heavy atom. The molecule has 2 amide bonds. The van der Waals surface area contributed by atoms with Gasteiger partial charge in [-0.3, -0.25) is 0 Å². The molecule has 0 fully saturated rings. The predicted molar refractivity (Wildman–Crippen MR) is 91.4 cm³/mol. The monoisotopic (exact) mass is 349 g/mol. The van der Waals surface area contributed by atoms with E-state index in [2.05, 4.69) is 20.8 Å². The molecule has 2 N–H and O–H groups in total. The molecule has 1 aromatic heterocycles. The number of hydrogen-bond acceptors (Lipinski definition) is 4. The van der Waals surface area contributed by atoms with Crippen molar-refractivity contribution in [2.75, 3.05) is 5.32 Å². The van der Waals surface area contributed by atoms with Gasteiger partial charge in [-0.15, -0.1) is 0 Å². The molecule has 24 heavy (non-hydrogen) atoms. The van der Waals surface area contributed by atoms with E-state index in [1.54, 1.807) is 17.1 Å². The first-order valence-electron chi connectivity index (χ1n) is 7.82. The van der Waals surface area contributed by atoms with Gasteiger partial charge in [0.05, 0.1) is 24.3 Å². The highest BCUT2D eigenvalue weighted by Gasteiger charge is 2.33. The molecule has 0 spiro atoms. The number of benzene rings is 1. The van der Waals surface area contributed by atoms with Crippen molar-refractivity contribution in [2.45, 2.75) is 45.9 Å². The Morgan fingerprint density at radius 1 is 1.46 bits per heavy atom. The third-order valence-corrected chi connectivity index (χ3v) is 4.03. The third kappa shape index (κ3) is 3.46. The van der Waals surface area contributed by atoms with Crippen LogP contribution in [0.5, 0.6) is 5.75 Å². The maximum Gasteiger partial charge on any atom is 0.319 e. The van der Waals surface area contributed by atoms with Crippen molar-refractivity contribution in [3.63, 3.8) is 0 Å². The Kier molecular flexibility index (Phi) is 4.36. The van der Waals surface area contributed by atoms with Crippen molar-refractivity contribution < 1.29 is 9.53 Å². The number of hydrogen-bond donors (Lipinski definition) is 2. The van der Waals surface area contributed by atoms with E-state index in [0.717, 1.165) is 12.0 Å². The van der Waals surface area contributed by atoms with E-state index in [4.69, 9.17) is 16.3 Å². The van der Waals surface area contributed by atoms with Crippen LogP contribution in [0.3, 0.4) is 0 Å². The topological polar surface area (TPSA) is 81.1 Å². The van der Waals surface area contributed by atoms with Crippen molar-refractivity contribution in [1.82, 2.24) is 20.3 Å². The number of ether oxygens (including phenoxy) is 1. The zero-order valence-electron chi connectivity index (χ0n) is 13.9. The van der Waals surface area contributed by atoms with Crippen molar-refractivity contribution in [3.05, 3.63) is 34.6 Å². The lowest BCUT2D eigenvalue weighted by atomic mass is 10.0. The van der Waals surface area contributed by atoms with Crippen LogP contribution >= 0.6 is 11.6 Å². The van der Waals surface area contributed by atoms with E-state index in [1.165, 1.54) is 0 Å². The summed E-state index contributed by atoms with van der Waals surface area (Å²) in [4.78, 5) is 13.7. The average molecular weight is 350 g/mol. The van der Waals surface area contributed by atoms with E-state index >= 15 is 0 Å². The predicted octanol–water partition coefficient (Wildman–Crippen LogP) is 2.99. The van der Waals surface area contributed by atoms with Gasteiger partial charge in [0.25, 0.3) is 0 Å². The Morgan fingerprint density at radius 3 is 2.96 bits per heavy atom. The smallest absolute Gasteiger partial charge is 0.319 e. The molecule has 0 radical (unpaired) electrons. The molecule has 0 bridgehead atoms. The SMILES string of the molecule is CCn1ncc(CNC(=O)Nc2c(Cl)ccc3c2OC(C)(C)C3)n1. The van der Waals surface area contributed by atoms with Gasteiger partial charge in [0.2, 0.25) is 0 Å². The van der Waals surface area contributed by atoms with E-state index in [-0.39, 0.29) is 18.2 Å². The fourth-order valence-corrected chi connectivity index (χ4v) is 2.84. The number of rotatable bonds is 4. The summed E-state index contributed by atoms with van der Waals surface area (Å²) in [7, 11) is 0. The zero-order chi connectivity index (χ0) is 17.3. The van der Waals surface area contributed by atoms with Gasteiger partial charge in [0, 0.05) is 12.0 Å². The summed E-state index contributed by atoms with van der Waals surface area (Å²) in [6.45, 7) is 6.92. The molecule has 128 valence electrons. The molecule has 0 saturated carbocycles. The fraction of sp³-hybridized carbons (Fsp3) is 0.438. The van der Waals surface area contributed by atoms with Crippen LogP contribution in [0.4, 0.5) is 10.5 Å². The number of anilines is 1. The number of aryl methyl sites for hydroxylation is 1. The number of urea groups is 1. The van der Waals surface area contributed by atoms with E-state index in [1.807, 2.05) is 26.8 Å². The number of carbonyl (C=O) groups is 1. The van der Waals surface area contributed by atoms with Crippen LogP contribution in [-0.4, -0.2) is 26.6 Å². The lowest BCUT2D eigenvalue weighted by Gasteiger charge is -2.18. The molecule has 0 unspecified atom stereocenters. The van der Waals surface area contributed by atoms with Crippen molar-refractivity contribution >= 4 is 23.3 Å². The number of nitrogens with one attached hydrogen (secondary N) is 2. The normalized spacial score (nSPS) is 14.8. The van der Waals surface area contributed by atoms with Gasteiger partial charge in [-0.1, -0.05) is 17.7 Å². The Labute approximate surface area is 145 Å². The van der Waals surface area contributed by atoms with Crippen LogP contribution in [0.25, 0.3) is 0 Å². The third-order valence-electron chi connectivity index (χ3n) is 3.72. The van der Waals surface area contributed by atoms with Crippen LogP contribution in [0.15, 0.2) is 18.3 Å². The van der Waals surface area contributed by atoms with E-state index in [0.29, 0.717) is 28.7 Å². The van der Waals surface area contributed by atoms with Gasteiger partial charge < -0.3 is 15.4 Å². The first-order valence-corrected chi connectivity index (χ1v) is 8.20. The molecule has 0 atom stereocenters. The summed E-state index contributed by atoms with van der Waals surface area (Å²) in [5.41, 5.74) is 1.91. The summed E-state index contributed by atoms with van der Waals surface area (Å²) in [6.07, 6.45) is 2.40. The minimum Gasteiger partial charge on any atom is -0.485 e. The second-order valence-corrected chi connectivity index (χ2v) is 6.69. The maximum atomic E-state index is 12.2. The van der Waals surface area contributed by atoms with E-state index in [9.17, 15) is 4.79 Å². The van der Waals surface area contributed by atoms with Crippen LogP contribution in [-0.2, 0) is 19.5 Å². The average Bonchev–Trinajstić information content (AvgIpc) is 3.11. The number of carbonyl (C=O) groups excluding carboxylic acids is 1. The van der Waals surface area contributed by atoms with E-state index < -0.39 is 0 Å². The highest BCUT2D eigenvalue weighted by Crippen LogP contribution is 2.44.